The van der Waals surface area contributed by atoms with Crippen molar-refractivity contribution in [1.82, 2.24) is 4.57 Å². The number of para-hydroxylation sites is 3. The van der Waals surface area contributed by atoms with Crippen molar-refractivity contribution in [1.29, 1.82) is 0 Å². The molecule has 0 radical (unpaired) electrons. The summed E-state index contributed by atoms with van der Waals surface area (Å²) in [4.78, 5) is 2.41. The number of benzene rings is 10. The van der Waals surface area contributed by atoms with Gasteiger partial charge in [-0.2, -0.15) is 0 Å². The fourth-order valence-electron chi connectivity index (χ4n) is 9.25. The molecule has 59 heavy (non-hydrogen) atoms. The Bertz CT molecular complexity index is 3520. The van der Waals surface area contributed by atoms with E-state index in [1.54, 1.807) is 0 Å². The second-order valence-corrected chi connectivity index (χ2v) is 15.3. The number of furan rings is 1. The molecule has 2 heterocycles. The van der Waals surface area contributed by atoms with Crippen LogP contribution in [0, 0.1) is 0 Å². The van der Waals surface area contributed by atoms with E-state index >= 15 is 0 Å². The van der Waals surface area contributed by atoms with Gasteiger partial charge in [-0.15, -0.1) is 0 Å². The van der Waals surface area contributed by atoms with Crippen LogP contribution < -0.4 is 4.90 Å². The van der Waals surface area contributed by atoms with Crippen LogP contribution in [0.4, 0.5) is 17.1 Å². The fourth-order valence-corrected chi connectivity index (χ4v) is 9.25. The zero-order chi connectivity index (χ0) is 38.9. The van der Waals surface area contributed by atoms with E-state index < -0.39 is 0 Å². The Labute approximate surface area is 341 Å². The van der Waals surface area contributed by atoms with Gasteiger partial charge in [-0.3, -0.25) is 0 Å². The van der Waals surface area contributed by atoms with Gasteiger partial charge in [-0.25, -0.2) is 0 Å². The van der Waals surface area contributed by atoms with Crippen molar-refractivity contribution < 1.29 is 4.42 Å². The molecule has 3 nitrogen and oxygen atoms in total. The van der Waals surface area contributed by atoms with Crippen LogP contribution in [0.1, 0.15) is 0 Å². The molecular formula is C56H36N2O. The molecule has 0 saturated heterocycles. The lowest BCUT2D eigenvalue weighted by atomic mass is 9.96. The van der Waals surface area contributed by atoms with Crippen molar-refractivity contribution in [2.75, 3.05) is 4.90 Å². The van der Waals surface area contributed by atoms with E-state index in [1.807, 2.05) is 0 Å². The minimum atomic E-state index is 0.879. The van der Waals surface area contributed by atoms with Gasteiger partial charge in [0.1, 0.15) is 11.2 Å². The SMILES string of the molecule is c1cc(-c2ccc3ccccc3c2)cc(N(c2ccc(-n3c4ccccc4c4ccccc43)cc2)c2ccccc2-c2cccc3oc4c5ccccc5ccc4c23)c1. The van der Waals surface area contributed by atoms with Crippen LogP contribution in [-0.2, 0) is 0 Å². The first-order chi connectivity index (χ1) is 29.3. The lowest BCUT2D eigenvalue weighted by molar-refractivity contribution is 0.673. The zero-order valence-electron chi connectivity index (χ0n) is 32.1. The largest absolute Gasteiger partial charge is 0.455 e. The molecule has 0 fully saturated rings. The Kier molecular flexibility index (Phi) is 7.54. The number of anilines is 3. The van der Waals surface area contributed by atoms with Gasteiger partial charge in [0.05, 0.1) is 16.7 Å². The van der Waals surface area contributed by atoms with Crippen LogP contribution in [0.15, 0.2) is 223 Å². The summed E-state index contributed by atoms with van der Waals surface area (Å²) in [5, 5.41) is 9.49. The quantitative estimate of drug-likeness (QED) is 0.169. The monoisotopic (exact) mass is 752 g/mol. The highest BCUT2D eigenvalue weighted by Crippen LogP contribution is 2.46. The van der Waals surface area contributed by atoms with Crippen LogP contribution in [0.3, 0.4) is 0 Å². The summed E-state index contributed by atoms with van der Waals surface area (Å²) in [5.74, 6) is 0. The van der Waals surface area contributed by atoms with Crippen LogP contribution in [0.2, 0.25) is 0 Å². The molecule has 0 aliphatic rings. The van der Waals surface area contributed by atoms with Crippen LogP contribution >= 0.6 is 0 Å². The standard InChI is InChI=1S/C56H36N2O/c1-2-15-39-35-41(28-27-37(39)13-1)40-16-11-17-44(36-40)57(42-30-32-43(33-31-42)58-52-24-9-5-19-46(52)47-20-6-10-25-53(47)58)51-23-8-7-21-48(51)49-22-12-26-54-55(49)50-34-29-38-14-3-4-18-45(38)56(50)59-54/h1-36H. The topological polar surface area (TPSA) is 21.3 Å². The van der Waals surface area contributed by atoms with Gasteiger partial charge < -0.3 is 13.9 Å². The summed E-state index contributed by atoms with van der Waals surface area (Å²) in [6, 6.07) is 78.8. The van der Waals surface area contributed by atoms with E-state index in [-0.39, 0.29) is 0 Å². The highest BCUT2D eigenvalue weighted by atomic mass is 16.3. The number of fused-ring (bicyclic) bond motifs is 9. The van der Waals surface area contributed by atoms with Gasteiger partial charge in [-0.05, 0) is 106 Å². The van der Waals surface area contributed by atoms with Crippen molar-refractivity contribution in [2.45, 2.75) is 0 Å². The van der Waals surface area contributed by atoms with Crippen molar-refractivity contribution in [3.05, 3.63) is 218 Å². The molecule has 0 aliphatic heterocycles. The molecule has 12 aromatic rings. The van der Waals surface area contributed by atoms with Gasteiger partial charge in [0.2, 0.25) is 0 Å². The third-order valence-electron chi connectivity index (χ3n) is 12.0. The van der Waals surface area contributed by atoms with E-state index in [0.717, 1.165) is 66.8 Å². The number of hydrogen-bond acceptors (Lipinski definition) is 2. The normalized spacial score (nSPS) is 11.7. The Morgan fingerprint density at radius 2 is 1.00 bits per heavy atom. The van der Waals surface area contributed by atoms with E-state index in [2.05, 4.69) is 228 Å². The predicted molar refractivity (Wildman–Crippen MR) is 249 cm³/mol. The lowest BCUT2D eigenvalue weighted by Crippen LogP contribution is -2.11. The molecule has 10 aromatic carbocycles. The maximum Gasteiger partial charge on any atom is 0.143 e. The predicted octanol–water partition coefficient (Wildman–Crippen LogP) is 15.8. The van der Waals surface area contributed by atoms with Gasteiger partial charge in [0.25, 0.3) is 0 Å². The van der Waals surface area contributed by atoms with E-state index in [1.165, 1.54) is 43.5 Å². The van der Waals surface area contributed by atoms with Crippen LogP contribution in [0.5, 0.6) is 0 Å². The third-order valence-corrected chi connectivity index (χ3v) is 12.0. The first kappa shape index (κ1) is 33.3. The number of rotatable bonds is 6. The van der Waals surface area contributed by atoms with Gasteiger partial charge in [0.15, 0.2) is 0 Å². The van der Waals surface area contributed by atoms with Gasteiger partial charge in [0, 0.05) is 49.6 Å². The van der Waals surface area contributed by atoms with Crippen molar-refractivity contribution >= 4 is 82.4 Å². The van der Waals surface area contributed by atoms with Crippen molar-refractivity contribution in [2.24, 2.45) is 0 Å². The Morgan fingerprint density at radius 3 is 1.81 bits per heavy atom. The van der Waals surface area contributed by atoms with Crippen molar-refractivity contribution in [3.63, 3.8) is 0 Å². The highest BCUT2D eigenvalue weighted by Gasteiger charge is 2.22. The third kappa shape index (κ3) is 5.36. The molecule has 0 atom stereocenters. The summed E-state index contributed by atoms with van der Waals surface area (Å²) in [6.45, 7) is 0. The molecule has 2 aromatic heterocycles. The summed E-state index contributed by atoms with van der Waals surface area (Å²) in [7, 11) is 0. The zero-order valence-corrected chi connectivity index (χ0v) is 32.1. The average molecular weight is 753 g/mol. The van der Waals surface area contributed by atoms with Crippen LogP contribution in [-0.4, -0.2) is 4.57 Å². The van der Waals surface area contributed by atoms with E-state index in [4.69, 9.17) is 4.42 Å². The maximum atomic E-state index is 6.69. The molecule has 0 saturated carbocycles. The minimum absolute atomic E-state index is 0.879. The Hall–Kier alpha value is -7.88. The lowest BCUT2D eigenvalue weighted by Gasteiger charge is -2.28. The van der Waals surface area contributed by atoms with Crippen molar-refractivity contribution in [3.8, 4) is 27.9 Å². The average Bonchev–Trinajstić information content (AvgIpc) is 3.86. The summed E-state index contributed by atoms with van der Waals surface area (Å²) < 4.78 is 9.06. The van der Waals surface area contributed by atoms with Gasteiger partial charge in [-0.1, -0.05) is 146 Å². The molecule has 276 valence electrons. The molecule has 0 N–H and O–H groups in total. The maximum absolute atomic E-state index is 6.69. The van der Waals surface area contributed by atoms with E-state index in [0.29, 0.717) is 0 Å². The molecule has 0 spiro atoms. The minimum Gasteiger partial charge on any atom is -0.455 e. The Morgan fingerprint density at radius 1 is 0.373 bits per heavy atom. The first-order valence-electron chi connectivity index (χ1n) is 20.2. The summed E-state index contributed by atoms with van der Waals surface area (Å²) in [6.07, 6.45) is 0. The number of hydrogen-bond donors (Lipinski definition) is 0. The van der Waals surface area contributed by atoms with Crippen LogP contribution in [0.25, 0.3) is 93.2 Å². The molecular weight excluding hydrogens is 717 g/mol. The molecule has 0 bridgehead atoms. The van der Waals surface area contributed by atoms with E-state index in [9.17, 15) is 0 Å². The molecule has 0 aliphatic carbocycles. The summed E-state index contributed by atoms with van der Waals surface area (Å²) in [5.41, 5.74) is 13.1. The number of aromatic nitrogens is 1. The highest BCUT2D eigenvalue weighted by molar-refractivity contribution is 6.20. The fraction of sp³-hybridized carbons (Fsp3) is 0. The summed E-state index contributed by atoms with van der Waals surface area (Å²) >= 11 is 0. The molecule has 12 rings (SSSR count). The smallest absolute Gasteiger partial charge is 0.143 e. The Balaban J connectivity index is 1.07. The second kappa shape index (κ2) is 13.4. The van der Waals surface area contributed by atoms with Gasteiger partial charge >= 0.3 is 0 Å². The first-order valence-corrected chi connectivity index (χ1v) is 20.2. The molecule has 0 unspecified atom stereocenters. The molecule has 3 heteroatoms. The second-order valence-electron chi connectivity index (χ2n) is 15.3. The number of nitrogens with zero attached hydrogens (tertiary/aromatic N) is 2. The molecule has 0 amide bonds.